The highest BCUT2D eigenvalue weighted by Crippen LogP contribution is 2.39. The van der Waals surface area contributed by atoms with E-state index in [4.69, 9.17) is 46.4 Å². The zero-order valence-corrected chi connectivity index (χ0v) is 39.0. The molecule has 1 aliphatic heterocycles. The number of nitrogens with one attached hydrogen (secondary N) is 3. The molecule has 0 fully saturated rings. The van der Waals surface area contributed by atoms with Gasteiger partial charge in [-0.15, -0.1) is 21.5 Å². The lowest BCUT2D eigenvalue weighted by atomic mass is 9.99. The molecule has 2 aromatic heterocycles. The van der Waals surface area contributed by atoms with Crippen LogP contribution in [0.1, 0.15) is 92.1 Å². The third-order valence-corrected chi connectivity index (χ3v) is 11.4. The van der Waals surface area contributed by atoms with Gasteiger partial charge in [0.25, 0.3) is 0 Å². The van der Waals surface area contributed by atoms with Crippen molar-refractivity contribution in [2.75, 3.05) is 44.9 Å². The zero-order valence-electron chi connectivity index (χ0n) is 37.4. The van der Waals surface area contributed by atoms with Crippen molar-refractivity contribution >= 4 is 64.0 Å². The third-order valence-electron chi connectivity index (χ3n) is 9.98. The number of aryl methyl sites for hydroxylation is 2. The number of thiophene rings is 1. The van der Waals surface area contributed by atoms with Crippen LogP contribution in [-0.4, -0.2) is 113 Å². The minimum atomic E-state index is -1.15. The predicted molar refractivity (Wildman–Crippen MR) is 245 cm³/mol. The Hall–Kier alpha value is -5.73. The van der Waals surface area contributed by atoms with Gasteiger partial charge in [0.05, 0.1) is 44.6 Å². The van der Waals surface area contributed by atoms with E-state index in [0.29, 0.717) is 28.1 Å². The molecule has 6 N–H and O–H groups in total. The molecule has 2 aromatic carbocycles. The second-order valence-electron chi connectivity index (χ2n) is 16.3. The molecule has 65 heavy (non-hydrogen) atoms. The van der Waals surface area contributed by atoms with Crippen molar-refractivity contribution in [3.8, 4) is 10.8 Å². The Morgan fingerprint density at radius 3 is 2.25 bits per heavy atom. The monoisotopic (exact) mass is 936 g/mol. The molecule has 3 atom stereocenters. The Labute approximate surface area is 386 Å². The number of hydrogen-bond acceptors (Lipinski definition) is 14. The molecule has 350 valence electrons. The zero-order chi connectivity index (χ0) is 47.3. The van der Waals surface area contributed by atoms with Crippen LogP contribution in [0.15, 0.2) is 53.5 Å². The van der Waals surface area contributed by atoms with Crippen molar-refractivity contribution in [3.05, 3.63) is 86.8 Å². The summed E-state index contributed by atoms with van der Waals surface area (Å²) in [7, 11) is 0. The molecule has 4 aromatic rings. The molecule has 0 bridgehead atoms. The number of carboxylic acids is 1. The number of nitrogens with zero attached hydrogens (tertiary/aromatic N) is 4. The number of anilines is 1. The van der Waals surface area contributed by atoms with Gasteiger partial charge in [0.2, 0.25) is 17.7 Å². The number of ether oxygens (including phenoxy) is 4. The number of aliphatic carboxylic acids is 1. The maximum Gasteiger partial charge on any atom is 0.306 e. The minimum Gasteiger partial charge on any atom is -0.491 e. The number of carbonyl (C=O) groups is 5. The van der Waals surface area contributed by atoms with Crippen LogP contribution in [0.4, 0.5) is 5.69 Å². The van der Waals surface area contributed by atoms with E-state index in [1.165, 1.54) is 0 Å². The molecule has 0 aliphatic carbocycles. The molecular formula is C45H57ClN8O10S. The van der Waals surface area contributed by atoms with E-state index < -0.39 is 47.5 Å². The van der Waals surface area contributed by atoms with Crippen molar-refractivity contribution in [2.24, 2.45) is 10.7 Å². The predicted octanol–water partition coefficient (Wildman–Crippen LogP) is 5.16. The first-order chi connectivity index (χ1) is 30.9. The minimum absolute atomic E-state index is 0.0298. The quantitative estimate of drug-likeness (QED) is 0.0477. The first-order valence-corrected chi connectivity index (χ1v) is 22.4. The van der Waals surface area contributed by atoms with Crippen LogP contribution >= 0.6 is 22.9 Å². The lowest BCUT2D eigenvalue weighted by Crippen LogP contribution is -2.52. The number of aromatic nitrogens is 3. The standard InChI is InChI=1S/C45H57ClN8O10S/c1-26-27(2)65-44-39(26)40(29-7-9-30(46)10-8-29)50-35(41-53-52-28(3)54(41)44)25-36(55)49-31-11-13-32(14-12-31)63-24-23-62-22-21-61-20-19-48-43(60)34(16-18-38(58)64-45(4,5)6)51-42(59)33(47)15-17-37(56)57/h7-14,33-35H,15-25,47H2,1-6H3,(H,48,60)(H,49,55)(H,51,59)(H,56,57)/t33-,34-,35+/m1/s1. The molecule has 3 heterocycles. The molecule has 1 aliphatic rings. The summed E-state index contributed by atoms with van der Waals surface area (Å²) < 4.78 is 24.3. The van der Waals surface area contributed by atoms with Crippen LogP contribution in [0.25, 0.3) is 5.00 Å². The normalized spacial score (nSPS) is 14.2. The number of carbonyl (C=O) groups excluding carboxylic acids is 4. The number of halogens is 1. The van der Waals surface area contributed by atoms with E-state index in [1.54, 1.807) is 56.4 Å². The molecule has 3 amide bonds. The van der Waals surface area contributed by atoms with Crippen LogP contribution in [0.3, 0.4) is 0 Å². The summed E-state index contributed by atoms with van der Waals surface area (Å²) in [5.74, 6) is -1.27. The molecule has 18 nitrogen and oxygen atoms in total. The largest absolute Gasteiger partial charge is 0.491 e. The summed E-state index contributed by atoms with van der Waals surface area (Å²) in [6, 6.07) is 11.7. The molecule has 0 radical (unpaired) electrons. The average molecular weight is 938 g/mol. The number of amides is 3. The van der Waals surface area contributed by atoms with Gasteiger partial charge in [-0.25, -0.2) is 0 Å². The van der Waals surface area contributed by atoms with E-state index >= 15 is 0 Å². The Morgan fingerprint density at radius 1 is 0.892 bits per heavy atom. The van der Waals surface area contributed by atoms with E-state index in [-0.39, 0.29) is 77.6 Å². The Kier molecular flexibility index (Phi) is 18.1. The summed E-state index contributed by atoms with van der Waals surface area (Å²) in [5.41, 5.74) is 9.42. The van der Waals surface area contributed by atoms with Crippen LogP contribution < -0.4 is 26.4 Å². The highest BCUT2D eigenvalue weighted by atomic mass is 35.5. The number of benzene rings is 2. The van der Waals surface area contributed by atoms with E-state index in [2.05, 4.69) is 40.0 Å². The van der Waals surface area contributed by atoms with Crippen LogP contribution in [0.2, 0.25) is 5.02 Å². The Balaban J connectivity index is 1.02. The van der Waals surface area contributed by atoms with Gasteiger partial charge in [0, 0.05) is 46.1 Å². The molecule has 0 saturated carbocycles. The van der Waals surface area contributed by atoms with E-state index in [0.717, 1.165) is 32.3 Å². The van der Waals surface area contributed by atoms with Crippen molar-refractivity contribution in [1.29, 1.82) is 0 Å². The number of aliphatic imine (C=N–C) groups is 1. The van der Waals surface area contributed by atoms with E-state index in [1.807, 2.05) is 35.8 Å². The van der Waals surface area contributed by atoms with Gasteiger partial charge in [0.1, 0.15) is 40.9 Å². The van der Waals surface area contributed by atoms with Gasteiger partial charge in [-0.05, 0) is 96.3 Å². The van der Waals surface area contributed by atoms with E-state index in [9.17, 15) is 24.0 Å². The van der Waals surface area contributed by atoms with Crippen LogP contribution in [0, 0.1) is 20.8 Å². The summed E-state index contributed by atoms with van der Waals surface area (Å²) in [6.45, 7) is 12.5. The van der Waals surface area contributed by atoms with Crippen molar-refractivity contribution in [3.63, 3.8) is 0 Å². The first kappa shape index (κ1) is 50.3. The first-order valence-electron chi connectivity index (χ1n) is 21.2. The SMILES string of the molecule is Cc1sc2c(c1C)C(c1ccc(Cl)cc1)=N[C@@H](CC(=O)Nc1ccc(OCCOCCOCCNC(=O)[C@@H](CCC(=O)OC(C)(C)C)NC(=O)[C@H](N)CCC(=O)O)cc1)c1nnc(C)n1-2. The number of esters is 1. The van der Waals surface area contributed by atoms with Gasteiger partial charge in [-0.1, -0.05) is 23.7 Å². The van der Waals surface area contributed by atoms with Gasteiger partial charge in [-0.3, -0.25) is 33.5 Å². The van der Waals surface area contributed by atoms with Gasteiger partial charge < -0.3 is 45.7 Å². The molecule has 20 heteroatoms. The number of hydrogen-bond donors (Lipinski definition) is 5. The summed E-state index contributed by atoms with van der Waals surface area (Å²) in [4.78, 5) is 68.5. The number of fused-ring (bicyclic) bond motifs is 3. The van der Waals surface area contributed by atoms with Gasteiger partial charge >= 0.3 is 11.9 Å². The lowest BCUT2D eigenvalue weighted by molar-refractivity contribution is -0.155. The topological polar surface area (TPSA) is 248 Å². The summed E-state index contributed by atoms with van der Waals surface area (Å²) >= 11 is 7.88. The second-order valence-corrected chi connectivity index (χ2v) is 17.9. The fourth-order valence-electron chi connectivity index (χ4n) is 6.68. The number of carboxylic acid groups (broad SMARTS) is 1. The van der Waals surface area contributed by atoms with Crippen molar-refractivity contribution < 1.29 is 48.0 Å². The maximum absolute atomic E-state index is 13.5. The van der Waals surface area contributed by atoms with Crippen molar-refractivity contribution in [1.82, 2.24) is 25.4 Å². The number of nitrogens with two attached hydrogens (primary N) is 1. The fraction of sp³-hybridized carbons (Fsp3) is 0.467. The van der Waals surface area contributed by atoms with Gasteiger partial charge in [0.15, 0.2) is 5.82 Å². The molecule has 5 rings (SSSR count). The highest BCUT2D eigenvalue weighted by molar-refractivity contribution is 7.15. The van der Waals surface area contributed by atoms with Gasteiger partial charge in [-0.2, -0.15) is 0 Å². The van der Waals surface area contributed by atoms with Crippen molar-refractivity contribution in [2.45, 2.75) is 97.4 Å². The smallest absolute Gasteiger partial charge is 0.306 e. The summed E-state index contributed by atoms with van der Waals surface area (Å²) in [5, 5.41) is 27.5. The fourth-order valence-corrected chi connectivity index (χ4v) is 8.02. The molecular weight excluding hydrogens is 880 g/mol. The summed E-state index contributed by atoms with van der Waals surface area (Å²) in [6.07, 6.45) is -0.596. The highest BCUT2D eigenvalue weighted by Gasteiger charge is 2.33. The third kappa shape index (κ3) is 14.9. The Morgan fingerprint density at radius 2 is 1.57 bits per heavy atom. The average Bonchev–Trinajstić information content (AvgIpc) is 3.73. The maximum atomic E-state index is 13.5. The lowest BCUT2D eigenvalue weighted by Gasteiger charge is -2.22. The van der Waals surface area contributed by atoms with Crippen LogP contribution in [0.5, 0.6) is 5.75 Å². The molecule has 0 unspecified atom stereocenters. The second kappa shape index (κ2) is 23.5. The Bertz CT molecular complexity index is 2330. The molecule has 0 spiro atoms. The molecule has 0 saturated heterocycles. The number of rotatable bonds is 23. The van der Waals surface area contributed by atoms with Crippen LogP contribution in [-0.2, 0) is 38.2 Å².